The third-order valence-corrected chi connectivity index (χ3v) is 2.09. The lowest BCUT2D eigenvalue weighted by Crippen LogP contribution is -1.95. The van der Waals surface area contributed by atoms with Crippen LogP contribution in [-0.2, 0) is 4.74 Å². The average Bonchev–Trinajstić information content (AvgIpc) is 2.31. The SMILES string of the molecule is O=C1OC(Cl)c2cc(F)c(F)cc21. The Labute approximate surface area is 77.1 Å². The summed E-state index contributed by atoms with van der Waals surface area (Å²) in [5.74, 6) is -2.85. The monoisotopic (exact) mass is 204 g/mol. The van der Waals surface area contributed by atoms with Crippen molar-refractivity contribution in [2.75, 3.05) is 0 Å². The second-order valence-corrected chi connectivity index (χ2v) is 2.97. The zero-order chi connectivity index (χ0) is 9.59. The minimum atomic E-state index is -1.08. The molecule has 0 fully saturated rings. The van der Waals surface area contributed by atoms with E-state index in [0.717, 1.165) is 12.1 Å². The van der Waals surface area contributed by atoms with E-state index in [1.807, 2.05) is 0 Å². The molecule has 0 bridgehead atoms. The second-order valence-electron chi connectivity index (χ2n) is 2.57. The lowest BCUT2D eigenvalue weighted by Gasteiger charge is -1.99. The molecule has 0 saturated carbocycles. The van der Waals surface area contributed by atoms with Gasteiger partial charge in [-0.05, 0) is 12.1 Å². The Kier molecular flexibility index (Phi) is 1.73. The predicted octanol–water partition coefficient (Wildman–Crippen LogP) is 2.37. The lowest BCUT2D eigenvalue weighted by molar-refractivity contribution is 0.0512. The van der Waals surface area contributed by atoms with Gasteiger partial charge >= 0.3 is 5.97 Å². The van der Waals surface area contributed by atoms with Crippen molar-refractivity contribution in [2.24, 2.45) is 0 Å². The molecule has 0 amide bonds. The first kappa shape index (κ1) is 8.44. The average molecular weight is 205 g/mol. The Hall–Kier alpha value is -1.16. The Morgan fingerprint density at radius 1 is 1.31 bits per heavy atom. The number of carbonyl (C=O) groups is 1. The van der Waals surface area contributed by atoms with Crippen molar-refractivity contribution in [1.29, 1.82) is 0 Å². The third kappa shape index (κ3) is 1.18. The first-order valence-electron chi connectivity index (χ1n) is 3.43. The van der Waals surface area contributed by atoms with E-state index >= 15 is 0 Å². The summed E-state index contributed by atoms with van der Waals surface area (Å²) in [5.41, 5.74) is -0.859. The predicted molar refractivity (Wildman–Crippen MR) is 40.4 cm³/mol. The third-order valence-electron chi connectivity index (χ3n) is 1.77. The van der Waals surface area contributed by atoms with Crippen molar-refractivity contribution in [1.82, 2.24) is 0 Å². The maximum absolute atomic E-state index is 12.7. The highest BCUT2D eigenvalue weighted by Crippen LogP contribution is 2.34. The summed E-state index contributed by atoms with van der Waals surface area (Å²) < 4.78 is 29.9. The number of benzene rings is 1. The summed E-state index contributed by atoms with van der Waals surface area (Å²) >= 11 is 5.53. The summed E-state index contributed by atoms with van der Waals surface area (Å²) in [5, 5.41) is 0. The number of hydrogen-bond acceptors (Lipinski definition) is 2. The van der Waals surface area contributed by atoms with E-state index in [4.69, 9.17) is 11.6 Å². The Morgan fingerprint density at radius 3 is 2.62 bits per heavy atom. The normalized spacial score (nSPS) is 19.9. The molecule has 1 unspecified atom stereocenters. The molecule has 1 aliphatic heterocycles. The van der Waals surface area contributed by atoms with Crippen molar-refractivity contribution in [3.8, 4) is 0 Å². The largest absolute Gasteiger partial charge is 0.438 e. The van der Waals surface area contributed by atoms with Gasteiger partial charge in [-0.3, -0.25) is 0 Å². The maximum Gasteiger partial charge on any atom is 0.340 e. The van der Waals surface area contributed by atoms with Crippen LogP contribution < -0.4 is 0 Å². The van der Waals surface area contributed by atoms with Gasteiger partial charge in [0.15, 0.2) is 11.6 Å². The molecule has 1 aromatic carbocycles. The van der Waals surface area contributed by atoms with Crippen LogP contribution in [0.5, 0.6) is 0 Å². The molecule has 1 heterocycles. The molecule has 0 saturated heterocycles. The summed E-state index contributed by atoms with van der Waals surface area (Å²) in [6.07, 6.45) is 0. The molecular weight excluding hydrogens is 202 g/mol. The van der Waals surface area contributed by atoms with E-state index in [1.165, 1.54) is 0 Å². The number of rotatable bonds is 0. The van der Waals surface area contributed by atoms with Gasteiger partial charge in [0.1, 0.15) is 0 Å². The fourth-order valence-corrected chi connectivity index (χ4v) is 1.41. The molecule has 0 spiro atoms. The zero-order valence-electron chi connectivity index (χ0n) is 6.18. The summed E-state index contributed by atoms with van der Waals surface area (Å²) in [6, 6.07) is 1.66. The molecule has 0 N–H and O–H groups in total. The van der Waals surface area contributed by atoms with E-state index in [1.54, 1.807) is 0 Å². The van der Waals surface area contributed by atoms with Crippen LogP contribution in [0.15, 0.2) is 12.1 Å². The van der Waals surface area contributed by atoms with E-state index in [2.05, 4.69) is 4.74 Å². The number of hydrogen-bond donors (Lipinski definition) is 0. The van der Waals surface area contributed by atoms with Gasteiger partial charge in [0.05, 0.1) is 5.56 Å². The molecule has 0 aliphatic carbocycles. The Bertz CT molecular complexity index is 392. The molecule has 2 nitrogen and oxygen atoms in total. The van der Waals surface area contributed by atoms with Gasteiger partial charge in [-0.25, -0.2) is 13.6 Å². The summed E-state index contributed by atoms with van der Waals surface area (Å²) in [4.78, 5) is 10.9. The van der Waals surface area contributed by atoms with Gasteiger partial charge in [0.2, 0.25) is 5.56 Å². The van der Waals surface area contributed by atoms with Gasteiger partial charge in [0, 0.05) is 5.56 Å². The van der Waals surface area contributed by atoms with Crippen LogP contribution in [0.1, 0.15) is 21.5 Å². The molecule has 0 radical (unpaired) electrons. The van der Waals surface area contributed by atoms with Crippen LogP contribution in [0, 0.1) is 11.6 Å². The Morgan fingerprint density at radius 2 is 1.92 bits per heavy atom. The van der Waals surface area contributed by atoms with Crippen molar-refractivity contribution in [2.45, 2.75) is 5.56 Å². The van der Waals surface area contributed by atoms with Gasteiger partial charge < -0.3 is 4.74 Å². The quantitative estimate of drug-likeness (QED) is 0.479. The highest BCUT2D eigenvalue weighted by atomic mass is 35.5. The van der Waals surface area contributed by atoms with Crippen LogP contribution in [0.2, 0.25) is 0 Å². The summed E-state index contributed by atoms with van der Waals surface area (Å²) in [7, 11) is 0. The number of alkyl halides is 1. The fraction of sp³-hybridized carbons (Fsp3) is 0.125. The Balaban J connectivity index is 2.65. The number of carbonyl (C=O) groups excluding carboxylic acids is 1. The van der Waals surface area contributed by atoms with E-state index in [-0.39, 0.29) is 11.1 Å². The van der Waals surface area contributed by atoms with Crippen LogP contribution in [0.4, 0.5) is 8.78 Å². The minimum absolute atomic E-state index is 0.0149. The van der Waals surface area contributed by atoms with Crippen molar-refractivity contribution in [3.63, 3.8) is 0 Å². The first-order chi connectivity index (χ1) is 6.09. The van der Waals surface area contributed by atoms with Gasteiger partial charge in [0.25, 0.3) is 0 Å². The van der Waals surface area contributed by atoms with E-state index in [0.29, 0.717) is 0 Å². The molecule has 1 aliphatic rings. The van der Waals surface area contributed by atoms with Crippen LogP contribution in [0.3, 0.4) is 0 Å². The number of cyclic esters (lactones) is 1. The second kappa shape index (κ2) is 2.67. The van der Waals surface area contributed by atoms with Crippen molar-refractivity contribution >= 4 is 17.6 Å². The number of fused-ring (bicyclic) bond motifs is 1. The minimum Gasteiger partial charge on any atom is -0.438 e. The molecule has 2 rings (SSSR count). The maximum atomic E-state index is 12.7. The standard InChI is InChI=1S/C8H3ClF2O2/c9-7-3-1-5(10)6(11)2-4(3)8(12)13-7/h1-2,7H. The summed E-state index contributed by atoms with van der Waals surface area (Å²) in [6.45, 7) is 0. The lowest BCUT2D eigenvalue weighted by atomic mass is 10.1. The highest BCUT2D eigenvalue weighted by Gasteiger charge is 2.31. The van der Waals surface area contributed by atoms with Crippen LogP contribution in [-0.4, -0.2) is 5.97 Å². The topological polar surface area (TPSA) is 26.3 Å². The number of ether oxygens (including phenoxy) is 1. The van der Waals surface area contributed by atoms with E-state index < -0.39 is 23.2 Å². The van der Waals surface area contributed by atoms with Crippen molar-refractivity contribution < 1.29 is 18.3 Å². The van der Waals surface area contributed by atoms with Crippen LogP contribution in [0.25, 0.3) is 0 Å². The highest BCUT2D eigenvalue weighted by molar-refractivity contribution is 6.22. The first-order valence-corrected chi connectivity index (χ1v) is 3.87. The molecule has 13 heavy (non-hydrogen) atoms. The number of esters is 1. The smallest absolute Gasteiger partial charge is 0.340 e. The van der Waals surface area contributed by atoms with Crippen LogP contribution >= 0.6 is 11.6 Å². The zero-order valence-corrected chi connectivity index (χ0v) is 6.94. The number of halogens is 3. The van der Waals surface area contributed by atoms with Crippen molar-refractivity contribution in [3.05, 3.63) is 34.9 Å². The molecule has 5 heteroatoms. The van der Waals surface area contributed by atoms with E-state index in [9.17, 15) is 13.6 Å². The molecule has 1 atom stereocenters. The molecule has 68 valence electrons. The molecule has 1 aromatic rings. The molecular formula is C8H3ClF2O2. The fourth-order valence-electron chi connectivity index (χ4n) is 1.15. The van der Waals surface area contributed by atoms with Gasteiger partial charge in [-0.1, -0.05) is 11.6 Å². The molecule has 0 aromatic heterocycles. The van der Waals surface area contributed by atoms with Gasteiger partial charge in [-0.15, -0.1) is 0 Å². The van der Waals surface area contributed by atoms with Gasteiger partial charge in [-0.2, -0.15) is 0 Å².